The van der Waals surface area contributed by atoms with E-state index in [1.54, 1.807) is 36.3 Å². The molecule has 0 aliphatic heterocycles. The maximum Gasteiger partial charge on any atom is 0.229 e. The van der Waals surface area contributed by atoms with Crippen LogP contribution in [0.15, 0.2) is 47.4 Å². The van der Waals surface area contributed by atoms with Crippen LogP contribution < -0.4 is 9.64 Å². The van der Waals surface area contributed by atoms with Crippen molar-refractivity contribution >= 4 is 42.4 Å². The Morgan fingerprint density at radius 1 is 1.06 bits per heavy atom. The number of thiazole rings is 1. The second-order valence-corrected chi connectivity index (χ2v) is 10.9. The molecule has 2 aromatic carbocycles. The molecule has 0 saturated carbocycles. The van der Waals surface area contributed by atoms with Gasteiger partial charge in [-0.2, -0.15) is 0 Å². The maximum atomic E-state index is 13.3. The third kappa shape index (κ3) is 6.10. The summed E-state index contributed by atoms with van der Waals surface area (Å²) in [5.41, 5.74) is 1.69. The number of carbonyl (C=O) groups excluding carboxylic acids is 1. The Hall–Kier alpha value is -2.49. The summed E-state index contributed by atoms with van der Waals surface area (Å²) in [6.07, 6.45) is -0.110. The van der Waals surface area contributed by atoms with Crippen LogP contribution in [0.3, 0.4) is 0 Å². The third-order valence-electron chi connectivity index (χ3n) is 5.62. The third-order valence-corrected chi connectivity index (χ3v) is 8.40. The molecule has 0 saturated heterocycles. The standard InChI is InChI=1S/C24H31N3O4S2/c1-5-26(6-2)15-16-27(24-25-23-20(31-4)8-7-9-21(23)32-24)22(28)14-17-33(29,30)19-12-10-18(3)11-13-19/h7-13H,5-6,14-17H2,1-4H3. The Kier molecular flexibility index (Phi) is 8.45. The zero-order chi connectivity index (χ0) is 24.0. The van der Waals surface area contributed by atoms with Gasteiger partial charge >= 0.3 is 0 Å². The second-order valence-electron chi connectivity index (χ2n) is 7.76. The minimum atomic E-state index is -3.56. The molecule has 9 heteroatoms. The molecule has 178 valence electrons. The van der Waals surface area contributed by atoms with E-state index < -0.39 is 9.84 Å². The summed E-state index contributed by atoms with van der Waals surface area (Å²) in [6.45, 7) is 8.91. The molecule has 0 bridgehead atoms. The van der Waals surface area contributed by atoms with Gasteiger partial charge in [-0.25, -0.2) is 13.4 Å². The number of carbonyl (C=O) groups is 1. The van der Waals surface area contributed by atoms with Crippen LogP contribution >= 0.6 is 11.3 Å². The number of amides is 1. The van der Waals surface area contributed by atoms with Gasteiger partial charge in [-0.3, -0.25) is 9.69 Å². The molecule has 0 fully saturated rings. The van der Waals surface area contributed by atoms with E-state index in [1.807, 2.05) is 25.1 Å². The first-order valence-corrected chi connectivity index (χ1v) is 13.5. The van der Waals surface area contributed by atoms with E-state index in [0.717, 1.165) is 23.4 Å². The van der Waals surface area contributed by atoms with Crippen molar-refractivity contribution in [2.24, 2.45) is 0 Å². The highest BCUT2D eigenvalue weighted by molar-refractivity contribution is 7.91. The minimum Gasteiger partial charge on any atom is -0.494 e. The molecule has 0 radical (unpaired) electrons. The number of sulfone groups is 1. The first-order valence-electron chi connectivity index (χ1n) is 11.0. The van der Waals surface area contributed by atoms with Crippen molar-refractivity contribution in [1.29, 1.82) is 0 Å². The molecule has 33 heavy (non-hydrogen) atoms. The Morgan fingerprint density at radius 2 is 1.76 bits per heavy atom. The fourth-order valence-corrected chi connectivity index (χ4v) is 5.78. The van der Waals surface area contributed by atoms with Crippen LogP contribution in [0.5, 0.6) is 5.75 Å². The molecule has 3 rings (SSSR count). The van der Waals surface area contributed by atoms with Crippen LogP contribution in [0, 0.1) is 6.92 Å². The van der Waals surface area contributed by atoms with Gasteiger partial charge in [0.05, 0.1) is 22.5 Å². The van der Waals surface area contributed by atoms with Crippen LogP contribution in [0.25, 0.3) is 10.2 Å². The van der Waals surface area contributed by atoms with E-state index in [-0.39, 0.29) is 23.0 Å². The summed E-state index contributed by atoms with van der Waals surface area (Å²) in [5, 5.41) is 0.555. The van der Waals surface area contributed by atoms with Crippen molar-refractivity contribution in [3.05, 3.63) is 48.0 Å². The van der Waals surface area contributed by atoms with Crippen LogP contribution in [0.2, 0.25) is 0 Å². The second kappa shape index (κ2) is 11.1. The zero-order valence-corrected chi connectivity index (χ0v) is 21.2. The van der Waals surface area contributed by atoms with Gasteiger partial charge < -0.3 is 9.64 Å². The fraction of sp³-hybridized carbons (Fsp3) is 0.417. The van der Waals surface area contributed by atoms with Gasteiger partial charge in [0.15, 0.2) is 15.0 Å². The molecule has 0 aliphatic carbocycles. The van der Waals surface area contributed by atoms with Gasteiger partial charge in [0, 0.05) is 19.5 Å². The number of aryl methyl sites for hydroxylation is 1. The topological polar surface area (TPSA) is 79.8 Å². The highest BCUT2D eigenvalue weighted by Gasteiger charge is 2.24. The van der Waals surface area contributed by atoms with E-state index in [4.69, 9.17) is 4.74 Å². The predicted octanol–water partition coefficient (Wildman–Crippen LogP) is 4.15. The average Bonchev–Trinajstić information content (AvgIpc) is 3.24. The van der Waals surface area contributed by atoms with Crippen molar-refractivity contribution in [2.75, 3.05) is 43.9 Å². The monoisotopic (exact) mass is 489 g/mol. The highest BCUT2D eigenvalue weighted by atomic mass is 32.2. The van der Waals surface area contributed by atoms with Gasteiger partial charge in [-0.05, 0) is 44.3 Å². The molecule has 3 aromatic rings. The fourth-order valence-electron chi connectivity index (χ4n) is 3.52. The highest BCUT2D eigenvalue weighted by Crippen LogP contribution is 2.34. The number of benzene rings is 2. The lowest BCUT2D eigenvalue weighted by molar-refractivity contribution is -0.118. The number of likely N-dealkylation sites (N-methyl/N-ethyl adjacent to an activating group) is 1. The van der Waals surface area contributed by atoms with E-state index in [9.17, 15) is 13.2 Å². The summed E-state index contributed by atoms with van der Waals surface area (Å²) in [4.78, 5) is 22.0. The minimum absolute atomic E-state index is 0.110. The van der Waals surface area contributed by atoms with E-state index in [0.29, 0.717) is 29.5 Å². The first kappa shape index (κ1) is 25.1. The normalized spacial score (nSPS) is 11.8. The molecule has 0 atom stereocenters. The summed E-state index contributed by atoms with van der Waals surface area (Å²) in [7, 11) is -1.97. The predicted molar refractivity (Wildman–Crippen MR) is 134 cm³/mol. The lowest BCUT2D eigenvalue weighted by Gasteiger charge is -2.24. The molecular weight excluding hydrogens is 458 g/mol. The smallest absolute Gasteiger partial charge is 0.229 e. The van der Waals surface area contributed by atoms with Crippen molar-refractivity contribution in [2.45, 2.75) is 32.1 Å². The van der Waals surface area contributed by atoms with E-state index >= 15 is 0 Å². The molecule has 0 aliphatic rings. The number of anilines is 1. The molecule has 0 N–H and O–H groups in total. The van der Waals surface area contributed by atoms with Crippen LogP contribution in [-0.2, 0) is 14.6 Å². The summed E-state index contributed by atoms with van der Waals surface area (Å²) < 4.78 is 31.9. The van der Waals surface area contributed by atoms with Gasteiger partial charge in [-0.15, -0.1) is 0 Å². The summed E-state index contributed by atoms with van der Waals surface area (Å²) >= 11 is 1.41. The SMILES string of the molecule is CCN(CC)CCN(C(=O)CCS(=O)(=O)c1ccc(C)cc1)c1nc2c(OC)cccc2s1. The lowest BCUT2D eigenvalue weighted by atomic mass is 10.2. The van der Waals surface area contributed by atoms with Crippen LogP contribution in [0.4, 0.5) is 5.13 Å². The van der Waals surface area contributed by atoms with Gasteiger partial charge in [0.1, 0.15) is 11.3 Å². The molecule has 7 nitrogen and oxygen atoms in total. The molecule has 1 amide bonds. The van der Waals surface area contributed by atoms with Gasteiger partial charge in [0.2, 0.25) is 5.91 Å². The molecule has 0 unspecified atom stereocenters. The average molecular weight is 490 g/mol. The number of ether oxygens (including phenoxy) is 1. The zero-order valence-electron chi connectivity index (χ0n) is 19.6. The number of fused-ring (bicyclic) bond motifs is 1. The molecule has 1 heterocycles. The van der Waals surface area contributed by atoms with E-state index in [2.05, 4.69) is 23.7 Å². The van der Waals surface area contributed by atoms with Crippen molar-refractivity contribution < 1.29 is 17.9 Å². The van der Waals surface area contributed by atoms with Gasteiger partial charge in [0.25, 0.3) is 0 Å². The number of hydrogen-bond acceptors (Lipinski definition) is 7. The Balaban J connectivity index is 1.84. The van der Waals surface area contributed by atoms with E-state index in [1.165, 1.54) is 11.3 Å². The summed E-state index contributed by atoms with van der Waals surface area (Å²) in [6, 6.07) is 12.4. The van der Waals surface area contributed by atoms with Crippen molar-refractivity contribution in [3.8, 4) is 5.75 Å². The number of para-hydroxylation sites is 1. The summed E-state index contributed by atoms with van der Waals surface area (Å²) in [5.74, 6) is 0.147. The first-order chi connectivity index (χ1) is 15.8. The Morgan fingerprint density at radius 3 is 2.39 bits per heavy atom. The lowest BCUT2D eigenvalue weighted by Crippen LogP contribution is -2.39. The van der Waals surface area contributed by atoms with Crippen molar-refractivity contribution in [1.82, 2.24) is 9.88 Å². The Labute approximate surface area is 199 Å². The largest absolute Gasteiger partial charge is 0.494 e. The van der Waals surface area contributed by atoms with Crippen LogP contribution in [0.1, 0.15) is 25.8 Å². The van der Waals surface area contributed by atoms with Gasteiger partial charge in [-0.1, -0.05) is 48.9 Å². The molecular formula is C24H31N3O4S2. The maximum absolute atomic E-state index is 13.3. The van der Waals surface area contributed by atoms with Crippen molar-refractivity contribution in [3.63, 3.8) is 0 Å². The Bertz CT molecular complexity index is 1190. The number of aromatic nitrogens is 1. The number of hydrogen-bond donors (Lipinski definition) is 0. The molecule has 1 aromatic heterocycles. The number of nitrogens with zero attached hydrogens (tertiary/aromatic N) is 3. The van der Waals surface area contributed by atoms with Crippen LogP contribution in [-0.4, -0.2) is 63.3 Å². The quantitative estimate of drug-likeness (QED) is 0.403. The number of methoxy groups -OCH3 is 1. The molecule has 0 spiro atoms. The number of rotatable bonds is 11.